The lowest BCUT2D eigenvalue weighted by molar-refractivity contribution is -0.144. The van der Waals surface area contributed by atoms with E-state index >= 15 is 0 Å². The highest BCUT2D eigenvalue weighted by atomic mass is 16.5. The first-order chi connectivity index (χ1) is 13.9. The van der Waals surface area contributed by atoms with Gasteiger partial charge >= 0.3 is 11.9 Å². The van der Waals surface area contributed by atoms with Crippen molar-refractivity contribution in [1.82, 2.24) is 0 Å². The van der Waals surface area contributed by atoms with Gasteiger partial charge in [0, 0.05) is 37.9 Å². The lowest BCUT2D eigenvalue weighted by Gasteiger charge is -2.36. The number of carbonyl (C=O) groups is 2. The Morgan fingerprint density at radius 2 is 1.93 bits per heavy atom. The van der Waals surface area contributed by atoms with Gasteiger partial charge in [0.15, 0.2) is 0 Å². The number of methoxy groups -OCH3 is 1. The van der Waals surface area contributed by atoms with Crippen molar-refractivity contribution in [3.05, 3.63) is 28.8 Å². The average molecular weight is 406 g/mol. The molecule has 0 radical (unpaired) electrons. The maximum atomic E-state index is 12.4. The van der Waals surface area contributed by atoms with Crippen LogP contribution in [0, 0.1) is 12.8 Å². The van der Waals surface area contributed by atoms with Crippen LogP contribution in [0.3, 0.4) is 0 Å². The van der Waals surface area contributed by atoms with Gasteiger partial charge in [-0.2, -0.15) is 0 Å². The Hall–Kier alpha value is -2.08. The first kappa shape index (κ1) is 23.2. The van der Waals surface area contributed by atoms with E-state index in [1.807, 2.05) is 26.8 Å². The number of esters is 2. The predicted octanol–water partition coefficient (Wildman–Crippen LogP) is 3.92. The summed E-state index contributed by atoms with van der Waals surface area (Å²) in [6, 6.07) is 4.33. The predicted molar refractivity (Wildman–Crippen MR) is 113 cm³/mol. The van der Waals surface area contributed by atoms with E-state index in [0.717, 1.165) is 49.4 Å². The van der Waals surface area contributed by atoms with Crippen LogP contribution in [0.25, 0.3) is 0 Å². The lowest BCUT2D eigenvalue weighted by atomic mass is 9.97. The molecule has 0 saturated carbocycles. The Morgan fingerprint density at radius 3 is 2.52 bits per heavy atom. The number of anilines is 1. The van der Waals surface area contributed by atoms with E-state index in [2.05, 4.69) is 17.9 Å². The summed E-state index contributed by atoms with van der Waals surface area (Å²) in [6.45, 7) is 10.9. The van der Waals surface area contributed by atoms with Crippen LogP contribution in [0.1, 0.15) is 61.5 Å². The molecule has 29 heavy (non-hydrogen) atoms. The molecule has 1 heterocycles. The van der Waals surface area contributed by atoms with Crippen LogP contribution in [0.5, 0.6) is 0 Å². The van der Waals surface area contributed by atoms with Crippen LogP contribution in [-0.2, 0) is 25.4 Å². The third-order valence-corrected chi connectivity index (χ3v) is 5.32. The number of rotatable bonds is 9. The second-order valence-electron chi connectivity index (χ2n) is 7.99. The highest BCUT2D eigenvalue weighted by Gasteiger charge is 2.24. The van der Waals surface area contributed by atoms with E-state index < -0.39 is 0 Å². The number of aryl methyl sites for hydroxylation is 1. The molecule has 0 bridgehead atoms. The van der Waals surface area contributed by atoms with Crippen LogP contribution in [0.2, 0.25) is 0 Å². The molecule has 1 fully saturated rings. The van der Waals surface area contributed by atoms with Gasteiger partial charge in [-0.25, -0.2) is 4.79 Å². The van der Waals surface area contributed by atoms with Gasteiger partial charge in [0.25, 0.3) is 0 Å². The maximum Gasteiger partial charge on any atom is 0.338 e. The SMILES string of the molecule is CCN(c1cc(CCC(=O)OCC(C)C)cc(C(=O)OC)c1C)C1CCOCC1. The fraction of sp³-hybridized carbons (Fsp3) is 0.652. The topological polar surface area (TPSA) is 65.1 Å². The summed E-state index contributed by atoms with van der Waals surface area (Å²) in [7, 11) is 1.40. The summed E-state index contributed by atoms with van der Waals surface area (Å²) in [4.78, 5) is 26.8. The first-order valence-corrected chi connectivity index (χ1v) is 10.6. The number of benzene rings is 1. The Morgan fingerprint density at radius 1 is 1.24 bits per heavy atom. The summed E-state index contributed by atoms with van der Waals surface area (Å²) in [5.74, 6) is -0.248. The van der Waals surface area contributed by atoms with Crippen molar-refractivity contribution in [2.45, 2.75) is 59.4 Å². The molecule has 162 valence electrons. The van der Waals surface area contributed by atoms with E-state index in [4.69, 9.17) is 14.2 Å². The van der Waals surface area contributed by atoms with E-state index in [-0.39, 0.29) is 11.9 Å². The molecule has 1 aliphatic heterocycles. The van der Waals surface area contributed by atoms with E-state index in [1.165, 1.54) is 7.11 Å². The van der Waals surface area contributed by atoms with Crippen LogP contribution in [-0.4, -0.2) is 51.5 Å². The zero-order valence-corrected chi connectivity index (χ0v) is 18.5. The Balaban J connectivity index is 2.28. The molecule has 0 aliphatic carbocycles. The molecule has 1 aromatic rings. The lowest BCUT2D eigenvalue weighted by Crippen LogP contribution is -2.40. The minimum atomic E-state index is -0.351. The quantitative estimate of drug-likeness (QED) is 0.580. The van der Waals surface area contributed by atoms with Gasteiger partial charge in [0.1, 0.15) is 0 Å². The number of hydrogen-bond donors (Lipinski definition) is 0. The molecule has 2 rings (SSSR count). The van der Waals surface area contributed by atoms with Crippen LogP contribution >= 0.6 is 0 Å². The molecule has 1 saturated heterocycles. The normalized spacial score (nSPS) is 14.7. The van der Waals surface area contributed by atoms with Crippen LogP contribution in [0.4, 0.5) is 5.69 Å². The van der Waals surface area contributed by atoms with Crippen molar-refractivity contribution in [2.24, 2.45) is 5.92 Å². The molecule has 1 aromatic carbocycles. The molecule has 0 atom stereocenters. The fourth-order valence-corrected chi connectivity index (χ4v) is 3.72. The molecule has 1 aliphatic rings. The molecule has 0 spiro atoms. The fourth-order valence-electron chi connectivity index (χ4n) is 3.72. The molecule has 6 nitrogen and oxygen atoms in total. The summed E-state index contributed by atoms with van der Waals surface area (Å²) < 4.78 is 15.8. The van der Waals surface area contributed by atoms with Gasteiger partial charge in [-0.1, -0.05) is 13.8 Å². The van der Waals surface area contributed by atoms with Gasteiger partial charge in [-0.15, -0.1) is 0 Å². The molecular weight excluding hydrogens is 370 g/mol. The number of ether oxygens (including phenoxy) is 3. The van der Waals surface area contributed by atoms with Crippen molar-refractivity contribution in [1.29, 1.82) is 0 Å². The van der Waals surface area contributed by atoms with Crippen molar-refractivity contribution in [3.63, 3.8) is 0 Å². The van der Waals surface area contributed by atoms with Gasteiger partial charge in [-0.3, -0.25) is 4.79 Å². The van der Waals surface area contributed by atoms with Gasteiger partial charge in [0.05, 0.1) is 19.3 Å². The maximum absolute atomic E-state index is 12.4. The average Bonchev–Trinajstić information content (AvgIpc) is 2.73. The summed E-state index contributed by atoms with van der Waals surface area (Å²) in [6.07, 6.45) is 2.75. The number of hydrogen-bond acceptors (Lipinski definition) is 6. The van der Waals surface area contributed by atoms with Crippen molar-refractivity contribution >= 4 is 17.6 Å². The largest absolute Gasteiger partial charge is 0.465 e. The zero-order valence-electron chi connectivity index (χ0n) is 18.5. The molecule has 6 heteroatoms. The first-order valence-electron chi connectivity index (χ1n) is 10.6. The third kappa shape index (κ3) is 6.46. The summed E-state index contributed by atoms with van der Waals surface area (Å²) in [5.41, 5.74) is 3.45. The zero-order chi connectivity index (χ0) is 21.4. The van der Waals surface area contributed by atoms with Crippen LogP contribution in [0.15, 0.2) is 12.1 Å². The van der Waals surface area contributed by atoms with E-state index in [0.29, 0.717) is 37.0 Å². The van der Waals surface area contributed by atoms with E-state index in [1.54, 1.807) is 0 Å². The smallest absolute Gasteiger partial charge is 0.338 e. The second kappa shape index (κ2) is 11.2. The molecule has 0 N–H and O–H groups in total. The molecule has 0 unspecified atom stereocenters. The summed E-state index contributed by atoms with van der Waals surface area (Å²) >= 11 is 0. The van der Waals surface area contributed by atoms with Gasteiger partial charge < -0.3 is 19.1 Å². The molecule has 0 aromatic heterocycles. The molecule has 0 amide bonds. The minimum absolute atomic E-state index is 0.211. The van der Waals surface area contributed by atoms with Crippen molar-refractivity contribution in [2.75, 3.05) is 38.4 Å². The Bertz CT molecular complexity index is 695. The summed E-state index contributed by atoms with van der Waals surface area (Å²) in [5, 5.41) is 0. The highest BCUT2D eigenvalue weighted by molar-refractivity contribution is 5.93. The van der Waals surface area contributed by atoms with E-state index in [9.17, 15) is 9.59 Å². The standard InChI is InChI=1S/C23H35NO5/c1-6-24(19-9-11-28-12-10-19)21-14-18(7-8-22(25)29-15-16(2)3)13-20(17(21)4)23(26)27-5/h13-14,16,19H,6-12,15H2,1-5H3. The van der Waals surface area contributed by atoms with Gasteiger partial charge in [0.2, 0.25) is 0 Å². The Kier molecular flexibility index (Phi) is 8.96. The van der Waals surface area contributed by atoms with Gasteiger partial charge in [-0.05, 0) is 62.3 Å². The monoisotopic (exact) mass is 405 g/mol. The molecular formula is C23H35NO5. The second-order valence-corrected chi connectivity index (χ2v) is 7.99. The van der Waals surface area contributed by atoms with Crippen LogP contribution < -0.4 is 4.90 Å². The Labute approximate surface area is 174 Å². The number of carbonyl (C=O) groups excluding carboxylic acids is 2. The van der Waals surface area contributed by atoms with Crippen molar-refractivity contribution < 1.29 is 23.8 Å². The van der Waals surface area contributed by atoms with Crippen molar-refractivity contribution in [3.8, 4) is 0 Å². The highest BCUT2D eigenvalue weighted by Crippen LogP contribution is 2.30. The number of nitrogens with zero attached hydrogens (tertiary/aromatic N) is 1. The minimum Gasteiger partial charge on any atom is -0.465 e. The third-order valence-electron chi connectivity index (χ3n) is 5.32.